The lowest BCUT2D eigenvalue weighted by atomic mass is 10.2. The van der Waals surface area contributed by atoms with Crippen molar-refractivity contribution >= 4 is 56.8 Å². The van der Waals surface area contributed by atoms with E-state index >= 15 is 0 Å². The predicted octanol–water partition coefficient (Wildman–Crippen LogP) is 7.43. The number of nitrogens with one attached hydrogen (secondary N) is 1. The minimum Gasteiger partial charge on any atom is -0.342 e. The van der Waals surface area contributed by atoms with Crippen LogP contribution in [0.4, 0.5) is 0 Å². The van der Waals surface area contributed by atoms with Crippen LogP contribution in [0.15, 0.2) is 76.4 Å². The van der Waals surface area contributed by atoms with Gasteiger partial charge in [0, 0.05) is 20.8 Å². The summed E-state index contributed by atoms with van der Waals surface area (Å²) in [7, 11) is 0. The molecule has 4 rings (SSSR count). The third kappa shape index (κ3) is 5.84. The highest BCUT2D eigenvalue weighted by Gasteiger charge is 2.23. The molecule has 0 spiro atoms. The van der Waals surface area contributed by atoms with Crippen LogP contribution in [0.1, 0.15) is 40.3 Å². The highest BCUT2D eigenvalue weighted by atomic mass is 79.9. The topological polar surface area (TPSA) is 59.8 Å². The molecule has 9 heteroatoms. The van der Waals surface area contributed by atoms with Crippen molar-refractivity contribution in [1.29, 1.82) is 0 Å². The quantitative estimate of drug-likeness (QED) is 0.233. The summed E-state index contributed by atoms with van der Waals surface area (Å²) in [6, 6.07) is 20.4. The van der Waals surface area contributed by atoms with Gasteiger partial charge in [0.2, 0.25) is 0 Å². The fourth-order valence-electron chi connectivity index (χ4n) is 3.47. The molecule has 1 unspecified atom stereocenters. The lowest BCUT2D eigenvalue weighted by Gasteiger charge is -2.17. The molecular formula is C25H21BrCl2N4OS. The fraction of sp³-hybridized carbons (Fsp3) is 0.160. The lowest BCUT2D eigenvalue weighted by molar-refractivity contribution is 0.0938. The van der Waals surface area contributed by atoms with Crippen molar-refractivity contribution in [2.75, 3.05) is 0 Å². The van der Waals surface area contributed by atoms with E-state index in [0.29, 0.717) is 38.0 Å². The number of hydrogen-bond donors (Lipinski definition) is 1. The van der Waals surface area contributed by atoms with Crippen LogP contribution in [0.25, 0.3) is 5.69 Å². The number of aryl methyl sites for hydroxylation is 1. The molecule has 1 atom stereocenters. The van der Waals surface area contributed by atoms with Crippen LogP contribution in [0, 0.1) is 6.92 Å². The molecule has 3 aromatic carbocycles. The van der Waals surface area contributed by atoms with Gasteiger partial charge in [0.25, 0.3) is 5.91 Å². The SMILES string of the molecule is Cc1cccc(CSc2nnc(C(C)NC(=O)c3cccc(Br)c3)n2-c2ccc(Cl)cc2Cl)c1. The van der Waals surface area contributed by atoms with Gasteiger partial charge in [-0.2, -0.15) is 0 Å². The molecule has 34 heavy (non-hydrogen) atoms. The summed E-state index contributed by atoms with van der Waals surface area (Å²) in [6.07, 6.45) is 0. The molecule has 1 amide bonds. The van der Waals surface area contributed by atoms with Crippen molar-refractivity contribution in [3.8, 4) is 5.69 Å². The van der Waals surface area contributed by atoms with Gasteiger partial charge >= 0.3 is 0 Å². The maximum atomic E-state index is 12.9. The molecule has 0 aliphatic carbocycles. The van der Waals surface area contributed by atoms with E-state index in [-0.39, 0.29) is 5.91 Å². The zero-order chi connectivity index (χ0) is 24.2. The number of aromatic nitrogens is 3. The lowest BCUT2D eigenvalue weighted by Crippen LogP contribution is -2.28. The Balaban J connectivity index is 1.66. The predicted molar refractivity (Wildman–Crippen MR) is 142 cm³/mol. The average Bonchev–Trinajstić information content (AvgIpc) is 3.21. The Kier molecular flexibility index (Phi) is 7.99. The Morgan fingerprint density at radius 1 is 1.09 bits per heavy atom. The summed E-state index contributed by atoms with van der Waals surface area (Å²) in [5.41, 5.74) is 3.62. The number of nitrogens with zero attached hydrogens (tertiary/aromatic N) is 3. The molecule has 0 saturated carbocycles. The van der Waals surface area contributed by atoms with E-state index in [9.17, 15) is 4.79 Å². The van der Waals surface area contributed by atoms with Crippen LogP contribution in [-0.2, 0) is 5.75 Å². The molecule has 0 aliphatic heterocycles. The van der Waals surface area contributed by atoms with Gasteiger partial charge in [-0.25, -0.2) is 0 Å². The zero-order valence-electron chi connectivity index (χ0n) is 18.4. The highest BCUT2D eigenvalue weighted by Crippen LogP contribution is 2.32. The Bertz CT molecular complexity index is 1340. The number of benzene rings is 3. The number of hydrogen-bond acceptors (Lipinski definition) is 4. The number of amides is 1. The Hall–Kier alpha value is -2.32. The van der Waals surface area contributed by atoms with Gasteiger partial charge in [0.15, 0.2) is 11.0 Å². The van der Waals surface area contributed by atoms with Crippen LogP contribution in [0.5, 0.6) is 0 Å². The van der Waals surface area contributed by atoms with Gasteiger partial charge in [-0.1, -0.05) is 86.8 Å². The third-order valence-electron chi connectivity index (χ3n) is 5.08. The van der Waals surface area contributed by atoms with Crippen molar-refractivity contribution in [2.24, 2.45) is 0 Å². The molecule has 5 nitrogen and oxygen atoms in total. The van der Waals surface area contributed by atoms with E-state index in [1.807, 2.05) is 35.8 Å². The van der Waals surface area contributed by atoms with Crippen molar-refractivity contribution in [1.82, 2.24) is 20.1 Å². The first-order valence-electron chi connectivity index (χ1n) is 10.5. The third-order valence-corrected chi connectivity index (χ3v) is 7.11. The number of rotatable bonds is 7. The van der Waals surface area contributed by atoms with E-state index in [4.69, 9.17) is 23.2 Å². The summed E-state index contributed by atoms with van der Waals surface area (Å²) >= 11 is 17.7. The average molecular weight is 576 g/mol. The number of thioether (sulfide) groups is 1. The Labute approximate surface area is 221 Å². The Morgan fingerprint density at radius 2 is 1.88 bits per heavy atom. The van der Waals surface area contributed by atoms with Crippen LogP contribution in [0.3, 0.4) is 0 Å². The van der Waals surface area contributed by atoms with Crippen LogP contribution < -0.4 is 5.32 Å². The first-order chi connectivity index (χ1) is 16.3. The molecule has 0 bridgehead atoms. The molecule has 1 aromatic heterocycles. The van der Waals surface area contributed by atoms with Crippen molar-refractivity contribution in [3.05, 3.63) is 104 Å². The van der Waals surface area contributed by atoms with Gasteiger partial charge in [-0.15, -0.1) is 10.2 Å². The van der Waals surface area contributed by atoms with Crippen LogP contribution >= 0.6 is 50.9 Å². The smallest absolute Gasteiger partial charge is 0.251 e. The molecule has 0 fully saturated rings. The molecular weight excluding hydrogens is 555 g/mol. The highest BCUT2D eigenvalue weighted by molar-refractivity contribution is 9.10. The molecule has 4 aromatic rings. The number of carbonyl (C=O) groups is 1. The van der Waals surface area contributed by atoms with Gasteiger partial charge in [0.05, 0.1) is 16.8 Å². The van der Waals surface area contributed by atoms with Gasteiger partial charge in [0.1, 0.15) is 0 Å². The summed E-state index contributed by atoms with van der Waals surface area (Å²) in [4.78, 5) is 12.9. The van der Waals surface area contributed by atoms with Crippen molar-refractivity contribution < 1.29 is 4.79 Å². The van der Waals surface area contributed by atoms with Crippen LogP contribution in [-0.4, -0.2) is 20.7 Å². The van der Waals surface area contributed by atoms with E-state index in [0.717, 1.165) is 4.47 Å². The second-order valence-corrected chi connectivity index (χ2v) is 10.5. The van der Waals surface area contributed by atoms with E-state index in [1.165, 1.54) is 11.1 Å². The van der Waals surface area contributed by atoms with E-state index in [2.05, 4.69) is 56.6 Å². The van der Waals surface area contributed by atoms with Crippen molar-refractivity contribution in [3.63, 3.8) is 0 Å². The second-order valence-electron chi connectivity index (χ2n) is 7.76. The minimum atomic E-state index is -0.431. The molecule has 0 radical (unpaired) electrons. The monoisotopic (exact) mass is 574 g/mol. The fourth-order valence-corrected chi connectivity index (χ4v) is 5.26. The molecule has 0 aliphatic rings. The van der Waals surface area contributed by atoms with Gasteiger partial charge < -0.3 is 5.32 Å². The maximum Gasteiger partial charge on any atom is 0.251 e. The number of halogens is 3. The minimum absolute atomic E-state index is 0.209. The van der Waals surface area contributed by atoms with E-state index < -0.39 is 6.04 Å². The molecule has 0 saturated heterocycles. The Morgan fingerprint density at radius 3 is 2.62 bits per heavy atom. The summed E-state index contributed by atoms with van der Waals surface area (Å²) < 4.78 is 2.71. The van der Waals surface area contributed by atoms with E-state index in [1.54, 1.807) is 36.0 Å². The largest absolute Gasteiger partial charge is 0.342 e. The van der Waals surface area contributed by atoms with Crippen molar-refractivity contribution in [2.45, 2.75) is 30.8 Å². The second kappa shape index (κ2) is 11.0. The normalized spacial score (nSPS) is 11.9. The zero-order valence-corrected chi connectivity index (χ0v) is 22.3. The first kappa shape index (κ1) is 24.8. The summed E-state index contributed by atoms with van der Waals surface area (Å²) in [5.74, 6) is 1.07. The van der Waals surface area contributed by atoms with Gasteiger partial charge in [-0.05, 0) is 55.8 Å². The maximum absolute atomic E-state index is 12.9. The standard InChI is InChI=1S/C25H21BrCl2N4OS/c1-15-5-3-6-17(11-15)14-34-25-31-30-23(32(25)22-10-9-20(27)13-21(22)28)16(2)29-24(33)18-7-4-8-19(26)12-18/h3-13,16H,14H2,1-2H3,(H,29,33). The molecule has 1 N–H and O–H groups in total. The molecule has 174 valence electrons. The van der Waals surface area contributed by atoms with Gasteiger partial charge in [-0.3, -0.25) is 9.36 Å². The number of carbonyl (C=O) groups excluding carboxylic acids is 1. The van der Waals surface area contributed by atoms with Crippen LogP contribution in [0.2, 0.25) is 10.0 Å². The molecule has 1 heterocycles. The first-order valence-corrected chi connectivity index (χ1v) is 13.0. The summed E-state index contributed by atoms with van der Waals surface area (Å²) in [5, 5.41) is 13.5. The summed E-state index contributed by atoms with van der Waals surface area (Å²) in [6.45, 7) is 3.94.